The minimum Gasteiger partial charge on any atom is -0.463 e. The molecule has 1 aromatic carbocycles. The number of hydrogen-bond acceptors (Lipinski definition) is 8. The first kappa shape index (κ1) is 23.7. The van der Waals surface area contributed by atoms with Crippen molar-refractivity contribution >= 4 is 17.3 Å². The first-order chi connectivity index (χ1) is 16.6. The molecule has 2 unspecified atom stereocenters. The summed E-state index contributed by atoms with van der Waals surface area (Å²) in [5.74, 6) is 0.256. The Kier molecular flexibility index (Phi) is 7.40. The Morgan fingerprint density at radius 2 is 1.94 bits per heavy atom. The molecule has 9 nitrogen and oxygen atoms in total. The number of anilines is 1. The third-order valence-electron chi connectivity index (χ3n) is 6.70. The Hall–Kier alpha value is -3.48. The maximum absolute atomic E-state index is 12.8. The Balaban J connectivity index is 0.00000133. The fraction of sp³-hybridized carbons (Fsp3) is 0.440. The largest absolute Gasteiger partial charge is 0.463 e. The summed E-state index contributed by atoms with van der Waals surface area (Å²) in [5, 5.41) is 10.8. The van der Waals surface area contributed by atoms with Crippen molar-refractivity contribution in [1.82, 2.24) is 14.6 Å². The van der Waals surface area contributed by atoms with Crippen molar-refractivity contribution in [2.45, 2.75) is 49.7 Å². The minimum atomic E-state index is -0.222. The van der Waals surface area contributed by atoms with Crippen LogP contribution in [0, 0.1) is 11.8 Å². The maximum Gasteiger partial charge on any atom is 0.306 e. The first-order valence-electron chi connectivity index (χ1n) is 11.4. The Morgan fingerprint density at radius 3 is 2.71 bits per heavy atom. The van der Waals surface area contributed by atoms with Gasteiger partial charge in [0.05, 0.1) is 18.2 Å². The van der Waals surface area contributed by atoms with Gasteiger partial charge in [-0.3, -0.25) is 4.79 Å². The predicted molar refractivity (Wildman–Crippen MR) is 125 cm³/mol. The van der Waals surface area contributed by atoms with E-state index in [2.05, 4.69) is 28.8 Å². The van der Waals surface area contributed by atoms with Gasteiger partial charge in [-0.15, -0.1) is 0 Å². The monoisotopic (exact) mass is 463 g/mol. The van der Waals surface area contributed by atoms with Crippen LogP contribution in [0.2, 0.25) is 0 Å². The van der Waals surface area contributed by atoms with Crippen LogP contribution in [0.1, 0.15) is 49.5 Å². The number of aromatic nitrogens is 3. The number of nitrogens with two attached hydrogens (primary N) is 1. The van der Waals surface area contributed by atoms with Gasteiger partial charge in [0.15, 0.2) is 5.82 Å². The average Bonchev–Trinajstić information content (AvgIpc) is 3.53. The second-order valence-electron chi connectivity index (χ2n) is 8.64. The zero-order chi connectivity index (χ0) is 24.0. The zero-order valence-corrected chi connectivity index (χ0v) is 19.0. The van der Waals surface area contributed by atoms with Crippen molar-refractivity contribution in [2.75, 3.05) is 25.6 Å². The van der Waals surface area contributed by atoms with E-state index < -0.39 is 0 Å². The molecule has 2 saturated heterocycles. The molecule has 2 fully saturated rings. The van der Waals surface area contributed by atoms with Gasteiger partial charge >= 0.3 is 5.97 Å². The highest BCUT2D eigenvalue weighted by Gasteiger charge is 2.37. The second kappa shape index (κ2) is 10.6. The molecule has 0 radical (unpaired) electrons. The molecule has 2 aliphatic heterocycles. The van der Waals surface area contributed by atoms with E-state index in [-0.39, 0.29) is 30.2 Å². The highest BCUT2D eigenvalue weighted by molar-refractivity contribution is 5.71. The molecule has 2 atom stereocenters. The molecule has 9 heteroatoms. The van der Waals surface area contributed by atoms with E-state index in [1.54, 1.807) is 4.52 Å². The highest BCUT2D eigenvalue weighted by atomic mass is 16.6. The van der Waals surface area contributed by atoms with E-state index in [4.69, 9.17) is 25.2 Å². The molecule has 5 rings (SSSR count). The van der Waals surface area contributed by atoms with Crippen LogP contribution >= 0.6 is 0 Å². The van der Waals surface area contributed by atoms with Gasteiger partial charge in [0.2, 0.25) is 0 Å². The molecule has 0 amide bonds. The molecule has 34 heavy (non-hydrogen) atoms. The molecule has 0 saturated carbocycles. The molecular formula is C25H29N5O4. The summed E-state index contributed by atoms with van der Waals surface area (Å²) >= 11 is 0. The van der Waals surface area contributed by atoms with Gasteiger partial charge in [-0.05, 0) is 43.4 Å². The van der Waals surface area contributed by atoms with Gasteiger partial charge in [0, 0.05) is 25.2 Å². The minimum absolute atomic E-state index is 0.110. The van der Waals surface area contributed by atoms with Gasteiger partial charge in [-0.25, -0.2) is 14.8 Å². The van der Waals surface area contributed by atoms with E-state index in [1.165, 1.54) is 11.9 Å². The van der Waals surface area contributed by atoms with Crippen LogP contribution in [0.25, 0.3) is 5.52 Å². The molecule has 2 aliphatic rings. The third kappa shape index (κ3) is 4.88. The van der Waals surface area contributed by atoms with E-state index >= 15 is 0 Å². The number of fused-ring (bicyclic) bond motifs is 1. The predicted octanol–water partition coefficient (Wildman–Crippen LogP) is 3.35. The van der Waals surface area contributed by atoms with Crippen molar-refractivity contribution in [1.29, 1.82) is 5.26 Å². The summed E-state index contributed by atoms with van der Waals surface area (Å²) in [6.45, 7) is 5.08. The quantitative estimate of drug-likeness (QED) is 0.552. The normalized spacial score (nSPS) is 21.5. The summed E-state index contributed by atoms with van der Waals surface area (Å²) in [6.07, 6.45) is 4.86. The van der Waals surface area contributed by atoms with Crippen molar-refractivity contribution in [2.24, 2.45) is 0 Å². The van der Waals surface area contributed by atoms with Gasteiger partial charge in [-0.1, -0.05) is 30.3 Å². The molecule has 178 valence electrons. The van der Waals surface area contributed by atoms with Crippen molar-refractivity contribution in [3.63, 3.8) is 0 Å². The molecular weight excluding hydrogens is 434 g/mol. The number of hydrogen-bond donors (Lipinski definition) is 1. The Bertz CT molecular complexity index is 1120. The van der Waals surface area contributed by atoms with Crippen molar-refractivity contribution < 1.29 is 19.0 Å². The van der Waals surface area contributed by atoms with Gasteiger partial charge in [0.1, 0.15) is 24.6 Å². The second-order valence-corrected chi connectivity index (χ2v) is 8.64. The topological polar surface area (TPSA) is 125 Å². The number of esters is 1. The fourth-order valence-electron chi connectivity index (χ4n) is 4.90. The van der Waals surface area contributed by atoms with Crippen molar-refractivity contribution in [3.8, 4) is 6.57 Å². The lowest BCUT2D eigenvalue weighted by molar-refractivity contribution is -0.150. The standard InChI is InChI=1S/C24H28N4O4.CHN/c25-23-20-8-7-19(28(20)27-16-26-23)21-9-6-18(32-21)15-31-22(29)14-24(10-12-30-13-11-24)17-4-2-1-3-5-17;1-2/h1-5,7-8,16,18,21H,6,9-15H2,(H2,25,26,27);1H. The summed E-state index contributed by atoms with van der Waals surface area (Å²) in [4.78, 5) is 16.8. The number of benzene rings is 1. The molecule has 0 bridgehead atoms. The van der Waals surface area contributed by atoms with Crippen molar-refractivity contribution in [3.05, 3.63) is 60.0 Å². The summed E-state index contributed by atoms with van der Waals surface area (Å²) in [6, 6.07) is 14.1. The fourth-order valence-corrected chi connectivity index (χ4v) is 4.90. The lowest BCUT2D eigenvalue weighted by Crippen LogP contribution is -2.37. The Morgan fingerprint density at radius 1 is 1.18 bits per heavy atom. The number of nitrogens with zero attached hydrogens (tertiary/aromatic N) is 4. The zero-order valence-electron chi connectivity index (χ0n) is 19.0. The number of ether oxygens (including phenoxy) is 3. The van der Waals surface area contributed by atoms with Crippen LogP contribution in [0.15, 0.2) is 48.8 Å². The number of rotatable bonds is 6. The van der Waals surface area contributed by atoms with Crippen LogP contribution in [0.4, 0.5) is 5.82 Å². The number of carbonyl (C=O) groups excluding carboxylic acids is 1. The third-order valence-corrected chi connectivity index (χ3v) is 6.70. The first-order valence-corrected chi connectivity index (χ1v) is 11.4. The molecule has 2 aromatic heterocycles. The molecule has 0 spiro atoms. The summed E-state index contributed by atoms with van der Waals surface area (Å²) in [7, 11) is 0. The number of carbonyl (C=O) groups is 1. The Labute approximate surface area is 198 Å². The van der Waals surface area contributed by atoms with Crippen LogP contribution in [0.5, 0.6) is 0 Å². The molecule has 4 heterocycles. The number of nitriles is 1. The van der Waals surface area contributed by atoms with Crippen LogP contribution in [-0.4, -0.2) is 46.5 Å². The van der Waals surface area contributed by atoms with E-state index in [0.717, 1.165) is 36.9 Å². The summed E-state index contributed by atoms with van der Waals surface area (Å²) in [5.41, 5.74) is 8.59. The van der Waals surface area contributed by atoms with Gasteiger partial charge in [-0.2, -0.15) is 5.10 Å². The van der Waals surface area contributed by atoms with Crippen LogP contribution in [-0.2, 0) is 24.4 Å². The molecule has 2 N–H and O–H groups in total. The van der Waals surface area contributed by atoms with E-state index in [9.17, 15) is 4.79 Å². The summed E-state index contributed by atoms with van der Waals surface area (Å²) < 4.78 is 19.2. The highest BCUT2D eigenvalue weighted by Crippen LogP contribution is 2.39. The molecule has 0 aliphatic carbocycles. The van der Waals surface area contributed by atoms with E-state index in [1.807, 2.05) is 30.3 Å². The smallest absolute Gasteiger partial charge is 0.306 e. The number of nitrogen functional groups attached to an aromatic ring is 1. The lowest BCUT2D eigenvalue weighted by atomic mass is 9.72. The average molecular weight is 464 g/mol. The van der Waals surface area contributed by atoms with Gasteiger partial charge < -0.3 is 19.9 Å². The SMILES string of the molecule is C#N.Nc1ncnn2c(C3CCC(COC(=O)CC4(c5ccccc5)CCOCC4)O3)ccc12. The molecule has 3 aromatic rings. The van der Waals surface area contributed by atoms with Crippen LogP contribution in [0.3, 0.4) is 0 Å². The lowest BCUT2D eigenvalue weighted by Gasteiger charge is -2.37. The maximum atomic E-state index is 12.8. The van der Waals surface area contributed by atoms with E-state index in [0.29, 0.717) is 25.5 Å². The van der Waals surface area contributed by atoms with Gasteiger partial charge in [0.25, 0.3) is 0 Å². The van der Waals surface area contributed by atoms with Crippen LogP contribution < -0.4 is 5.73 Å².